The molecule has 0 spiro atoms. The molecule has 0 atom stereocenters. The number of methoxy groups -OCH3 is 2. The van der Waals surface area contributed by atoms with E-state index in [1.165, 1.54) is 5.56 Å². The van der Waals surface area contributed by atoms with Crippen LogP contribution in [0.25, 0.3) is 0 Å². The summed E-state index contributed by atoms with van der Waals surface area (Å²) in [5, 5.41) is 6.92. The van der Waals surface area contributed by atoms with Crippen molar-refractivity contribution >= 4 is 0 Å². The van der Waals surface area contributed by atoms with Gasteiger partial charge < -0.3 is 20.1 Å². The summed E-state index contributed by atoms with van der Waals surface area (Å²) in [5.74, 6) is 1.66. The molecule has 1 aromatic rings. The van der Waals surface area contributed by atoms with Gasteiger partial charge in [-0.15, -0.1) is 0 Å². The highest BCUT2D eigenvalue weighted by Gasteiger charge is 2.07. The van der Waals surface area contributed by atoms with Crippen LogP contribution >= 0.6 is 0 Å². The van der Waals surface area contributed by atoms with E-state index in [0.717, 1.165) is 37.6 Å². The smallest absolute Gasteiger partial charge is 0.122 e. The molecule has 1 rings (SSSR count). The van der Waals surface area contributed by atoms with E-state index in [2.05, 4.69) is 31.4 Å². The fraction of sp³-hybridized carbons (Fsp3) is 0.625. The molecule has 4 nitrogen and oxygen atoms in total. The lowest BCUT2D eigenvalue weighted by Gasteiger charge is -2.20. The Balaban J connectivity index is 2.31. The van der Waals surface area contributed by atoms with E-state index < -0.39 is 0 Å². The molecule has 0 fully saturated rings. The summed E-state index contributed by atoms with van der Waals surface area (Å²) >= 11 is 0. The molecular formula is C16H28N2O2. The molecular weight excluding hydrogens is 252 g/mol. The van der Waals surface area contributed by atoms with Gasteiger partial charge in [-0.2, -0.15) is 0 Å². The number of hydrogen-bond acceptors (Lipinski definition) is 4. The van der Waals surface area contributed by atoms with Gasteiger partial charge in [0, 0.05) is 18.2 Å². The molecule has 0 bridgehead atoms. The number of nitrogens with one attached hydrogen (secondary N) is 2. The van der Waals surface area contributed by atoms with Gasteiger partial charge in [-0.05, 0) is 58.0 Å². The maximum absolute atomic E-state index is 5.26. The summed E-state index contributed by atoms with van der Waals surface area (Å²) in [6.45, 7) is 9.39. The predicted octanol–water partition coefficient (Wildman–Crippen LogP) is 2.57. The van der Waals surface area contributed by atoms with Crippen LogP contribution in [0.5, 0.6) is 11.5 Å². The molecule has 0 aliphatic rings. The van der Waals surface area contributed by atoms with Crippen molar-refractivity contribution in [3.8, 4) is 11.5 Å². The van der Waals surface area contributed by atoms with Gasteiger partial charge in [0.15, 0.2) is 0 Å². The molecule has 0 amide bonds. The van der Waals surface area contributed by atoms with Crippen LogP contribution in [0.2, 0.25) is 0 Å². The molecule has 0 unspecified atom stereocenters. The third-order valence-corrected chi connectivity index (χ3v) is 2.93. The third-order valence-electron chi connectivity index (χ3n) is 2.93. The quantitative estimate of drug-likeness (QED) is 0.718. The zero-order valence-electron chi connectivity index (χ0n) is 13.4. The molecule has 0 aromatic heterocycles. The Morgan fingerprint density at radius 2 is 1.55 bits per heavy atom. The van der Waals surface area contributed by atoms with Gasteiger partial charge in [-0.3, -0.25) is 0 Å². The van der Waals surface area contributed by atoms with Crippen LogP contribution in [0.4, 0.5) is 0 Å². The van der Waals surface area contributed by atoms with Gasteiger partial charge in [0.1, 0.15) is 11.5 Å². The number of benzene rings is 1. The Bertz CT molecular complexity index is 378. The molecule has 0 saturated carbocycles. The third kappa shape index (κ3) is 6.78. The van der Waals surface area contributed by atoms with Crippen molar-refractivity contribution in [2.75, 3.05) is 27.3 Å². The van der Waals surface area contributed by atoms with Crippen LogP contribution in [0, 0.1) is 0 Å². The zero-order valence-corrected chi connectivity index (χ0v) is 13.4. The maximum atomic E-state index is 5.26. The zero-order chi connectivity index (χ0) is 15.0. The molecule has 2 N–H and O–H groups in total. The second kappa shape index (κ2) is 8.12. The largest absolute Gasteiger partial charge is 0.497 e. The number of ether oxygens (including phenoxy) is 2. The van der Waals surface area contributed by atoms with Crippen molar-refractivity contribution < 1.29 is 9.47 Å². The number of rotatable bonds is 8. The predicted molar refractivity (Wildman–Crippen MR) is 83.6 cm³/mol. The van der Waals surface area contributed by atoms with Gasteiger partial charge in [0.2, 0.25) is 0 Å². The van der Waals surface area contributed by atoms with Gasteiger partial charge in [0.05, 0.1) is 14.2 Å². The molecule has 20 heavy (non-hydrogen) atoms. The van der Waals surface area contributed by atoms with Crippen LogP contribution in [0.1, 0.15) is 32.8 Å². The monoisotopic (exact) mass is 280 g/mol. The van der Waals surface area contributed by atoms with Crippen LogP contribution < -0.4 is 20.1 Å². The van der Waals surface area contributed by atoms with Gasteiger partial charge in [0.25, 0.3) is 0 Å². The van der Waals surface area contributed by atoms with E-state index in [4.69, 9.17) is 9.47 Å². The SMILES string of the molecule is COc1cc(CNCCCNC(C)(C)C)cc(OC)c1. The van der Waals surface area contributed by atoms with E-state index in [1.807, 2.05) is 18.2 Å². The Morgan fingerprint density at radius 1 is 0.950 bits per heavy atom. The van der Waals surface area contributed by atoms with E-state index in [0.29, 0.717) is 0 Å². The first kappa shape index (κ1) is 16.8. The normalized spacial score (nSPS) is 11.4. The molecule has 4 heteroatoms. The minimum Gasteiger partial charge on any atom is -0.497 e. The van der Waals surface area contributed by atoms with Gasteiger partial charge in [-0.25, -0.2) is 0 Å². The minimum atomic E-state index is 0.195. The highest BCUT2D eigenvalue weighted by atomic mass is 16.5. The fourth-order valence-corrected chi connectivity index (χ4v) is 1.88. The minimum absolute atomic E-state index is 0.195. The highest BCUT2D eigenvalue weighted by molar-refractivity contribution is 5.38. The Labute approximate surface area is 122 Å². The number of hydrogen-bond donors (Lipinski definition) is 2. The highest BCUT2D eigenvalue weighted by Crippen LogP contribution is 2.22. The van der Waals surface area contributed by atoms with Crippen molar-refractivity contribution in [2.24, 2.45) is 0 Å². The lowest BCUT2D eigenvalue weighted by Crippen LogP contribution is -2.37. The van der Waals surface area contributed by atoms with Crippen molar-refractivity contribution in [1.29, 1.82) is 0 Å². The van der Waals surface area contributed by atoms with Gasteiger partial charge in [-0.1, -0.05) is 0 Å². The molecule has 0 radical (unpaired) electrons. The van der Waals surface area contributed by atoms with Crippen molar-refractivity contribution in [1.82, 2.24) is 10.6 Å². The average Bonchev–Trinajstić information content (AvgIpc) is 2.41. The van der Waals surface area contributed by atoms with Gasteiger partial charge >= 0.3 is 0 Å². The van der Waals surface area contributed by atoms with E-state index in [-0.39, 0.29) is 5.54 Å². The van der Waals surface area contributed by atoms with E-state index in [1.54, 1.807) is 14.2 Å². The lowest BCUT2D eigenvalue weighted by molar-refractivity contribution is 0.393. The summed E-state index contributed by atoms with van der Waals surface area (Å²) in [4.78, 5) is 0. The summed E-state index contributed by atoms with van der Waals surface area (Å²) in [6, 6.07) is 5.95. The van der Waals surface area contributed by atoms with Crippen molar-refractivity contribution in [3.63, 3.8) is 0 Å². The molecule has 1 aromatic carbocycles. The first-order valence-corrected chi connectivity index (χ1v) is 7.12. The molecule has 0 aliphatic carbocycles. The summed E-state index contributed by atoms with van der Waals surface area (Å²) in [7, 11) is 3.34. The summed E-state index contributed by atoms with van der Waals surface area (Å²) < 4.78 is 10.5. The molecule has 0 aliphatic heterocycles. The Kier molecular flexibility index (Phi) is 6.82. The lowest BCUT2D eigenvalue weighted by atomic mass is 10.1. The van der Waals surface area contributed by atoms with Crippen LogP contribution in [-0.2, 0) is 6.54 Å². The van der Waals surface area contributed by atoms with E-state index in [9.17, 15) is 0 Å². The van der Waals surface area contributed by atoms with E-state index >= 15 is 0 Å². The fourth-order valence-electron chi connectivity index (χ4n) is 1.88. The average molecular weight is 280 g/mol. The van der Waals surface area contributed by atoms with Crippen LogP contribution in [0.3, 0.4) is 0 Å². The van der Waals surface area contributed by atoms with Crippen molar-refractivity contribution in [3.05, 3.63) is 23.8 Å². The first-order chi connectivity index (χ1) is 9.44. The standard InChI is InChI=1S/C16H28N2O2/c1-16(2,3)18-8-6-7-17-12-13-9-14(19-4)11-15(10-13)20-5/h9-11,17-18H,6-8,12H2,1-5H3. The van der Waals surface area contributed by atoms with Crippen molar-refractivity contribution in [2.45, 2.75) is 39.3 Å². The second-order valence-corrected chi connectivity index (χ2v) is 5.93. The topological polar surface area (TPSA) is 42.5 Å². The molecule has 114 valence electrons. The second-order valence-electron chi connectivity index (χ2n) is 5.93. The van der Waals surface area contributed by atoms with Crippen LogP contribution in [-0.4, -0.2) is 32.8 Å². The Hall–Kier alpha value is -1.26. The Morgan fingerprint density at radius 3 is 2.05 bits per heavy atom. The summed E-state index contributed by atoms with van der Waals surface area (Å²) in [6.07, 6.45) is 1.11. The molecule has 0 saturated heterocycles. The molecule has 0 heterocycles. The maximum Gasteiger partial charge on any atom is 0.122 e. The van der Waals surface area contributed by atoms with Crippen LogP contribution in [0.15, 0.2) is 18.2 Å². The first-order valence-electron chi connectivity index (χ1n) is 7.12. The summed E-state index contributed by atoms with van der Waals surface area (Å²) in [5.41, 5.74) is 1.37.